The molecule has 0 aliphatic rings. The van der Waals surface area contributed by atoms with Gasteiger partial charge in [0.25, 0.3) is 0 Å². The number of fused-ring (bicyclic) bond motifs is 1. The van der Waals surface area contributed by atoms with E-state index in [0.717, 1.165) is 35.2 Å². The lowest BCUT2D eigenvalue weighted by molar-refractivity contribution is 0.541. The number of aryl methyl sites for hydroxylation is 1. The summed E-state index contributed by atoms with van der Waals surface area (Å²) in [5.74, 6) is 0. The second-order valence-corrected chi connectivity index (χ2v) is 4.95. The first kappa shape index (κ1) is 12.9. The zero-order valence-corrected chi connectivity index (χ0v) is 11.8. The van der Waals surface area contributed by atoms with Crippen molar-refractivity contribution in [2.75, 3.05) is 6.54 Å². The summed E-state index contributed by atoms with van der Waals surface area (Å²) in [6, 6.07) is 10.3. The average Bonchev–Trinajstić information content (AvgIpc) is 3.07. The Labute approximate surface area is 118 Å². The molecule has 0 aliphatic heterocycles. The summed E-state index contributed by atoms with van der Waals surface area (Å²) in [5.41, 5.74) is 3.23. The predicted molar refractivity (Wildman–Crippen MR) is 79.6 cm³/mol. The zero-order valence-electron chi connectivity index (χ0n) is 11.8. The molecule has 0 aliphatic carbocycles. The molecule has 1 unspecified atom stereocenters. The van der Waals surface area contributed by atoms with Gasteiger partial charge in [0.15, 0.2) is 0 Å². The maximum atomic E-state index is 5.68. The van der Waals surface area contributed by atoms with E-state index in [1.165, 1.54) is 0 Å². The van der Waals surface area contributed by atoms with Crippen LogP contribution in [0.4, 0.5) is 0 Å². The van der Waals surface area contributed by atoms with Gasteiger partial charge in [0, 0.05) is 24.2 Å². The van der Waals surface area contributed by atoms with Crippen LogP contribution in [0.3, 0.4) is 0 Å². The van der Waals surface area contributed by atoms with E-state index in [9.17, 15) is 0 Å². The van der Waals surface area contributed by atoms with Crippen LogP contribution in [0.1, 0.15) is 30.6 Å². The number of hydrogen-bond donors (Lipinski definition) is 1. The molecular formula is C16H19N3O. The van der Waals surface area contributed by atoms with E-state index < -0.39 is 0 Å². The minimum Gasteiger partial charge on any atom is -0.464 e. The molecule has 0 saturated carbocycles. The SMILES string of the molecule is CCCNC(c1coc2ccccc12)c1ccnn1C. The van der Waals surface area contributed by atoms with E-state index in [-0.39, 0.29) is 6.04 Å². The quantitative estimate of drug-likeness (QED) is 0.773. The van der Waals surface area contributed by atoms with Crippen LogP contribution in [0.5, 0.6) is 0 Å². The molecule has 1 N–H and O–H groups in total. The molecule has 2 heterocycles. The molecular weight excluding hydrogens is 250 g/mol. The van der Waals surface area contributed by atoms with Crippen LogP contribution in [0.2, 0.25) is 0 Å². The molecule has 0 bridgehead atoms. The summed E-state index contributed by atoms with van der Waals surface area (Å²) in [7, 11) is 1.97. The molecule has 3 aromatic rings. The Morgan fingerprint density at radius 3 is 2.90 bits per heavy atom. The Morgan fingerprint density at radius 2 is 2.15 bits per heavy atom. The first-order valence-electron chi connectivity index (χ1n) is 6.98. The van der Waals surface area contributed by atoms with Gasteiger partial charge in [-0.25, -0.2) is 0 Å². The molecule has 3 rings (SSSR count). The Balaban J connectivity index is 2.07. The Bertz CT molecular complexity index is 698. The normalized spacial score (nSPS) is 12.9. The molecule has 4 nitrogen and oxygen atoms in total. The van der Waals surface area contributed by atoms with Crippen molar-refractivity contribution < 1.29 is 4.42 Å². The lowest BCUT2D eigenvalue weighted by atomic mass is 10.0. The third-order valence-electron chi connectivity index (χ3n) is 3.57. The van der Waals surface area contributed by atoms with Crippen LogP contribution in [-0.2, 0) is 7.05 Å². The number of benzene rings is 1. The number of furan rings is 1. The van der Waals surface area contributed by atoms with Crippen molar-refractivity contribution in [1.29, 1.82) is 0 Å². The van der Waals surface area contributed by atoms with Crippen molar-refractivity contribution in [3.8, 4) is 0 Å². The van der Waals surface area contributed by atoms with E-state index in [4.69, 9.17) is 4.42 Å². The molecule has 0 fully saturated rings. The van der Waals surface area contributed by atoms with Gasteiger partial charge < -0.3 is 9.73 Å². The van der Waals surface area contributed by atoms with Gasteiger partial charge in [-0.05, 0) is 25.1 Å². The van der Waals surface area contributed by atoms with E-state index in [1.807, 2.05) is 42.4 Å². The van der Waals surface area contributed by atoms with Gasteiger partial charge in [0.2, 0.25) is 0 Å². The van der Waals surface area contributed by atoms with Crippen molar-refractivity contribution in [1.82, 2.24) is 15.1 Å². The van der Waals surface area contributed by atoms with Crippen molar-refractivity contribution in [2.24, 2.45) is 7.05 Å². The molecule has 0 saturated heterocycles. The largest absolute Gasteiger partial charge is 0.464 e. The molecule has 20 heavy (non-hydrogen) atoms. The summed E-state index contributed by atoms with van der Waals surface area (Å²) in [4.78, 5) is 0. The van der Waals surface area contributed by atoms with Crippen LogP contribution in [-0.4, -0.2) is 16.3 Å². The van der Waals surface area contributed by atoms with Crippen LogP contribution in [0, 0.1) is 0 Å². The lowest BCUT2D eigenvalue weighted by Crippen LogP contribution is -2.25. The van der Waals surface area contributed by atoms with Gasteiger partial charge in [-0.1, -0.05) is 25.1 Å². The van der Waals surface area contributed by atoms with Crippen molar-refractivity contribution >= 4 is 11.0 Å². The fourth-order valence-electron chi connectivity index (χ4n) is 2.55. The third kappa shape index (κ3) is 2.23. The number of hydrogen-bond acceptors (Lipinski definition) is 3. The van der Waals surface area contributed by atoms with E-state index in [1.54, 1.807) is 0 Å². The van der Waals surface area contributed by atoms with Gasteiger partial charge >= 0.3 is 0 Å². The van der Waals surface area contributed by atoms with Gasteiger partial charge in [-0.3, -0.25) is 4.68 Å². The Kier molecular flexibility index (Phi) is 3.56. The maximum Gasteiger partial charge on any atom is 0.134 e. The first-order valence-corrected chi connectivity index (χ1v) is 6.98. The zero-order chi connectivity index (χ0) is 13.9. The highest BCUT2D eigenvalue weighted by Gasteiger charge is 2.20. The fourth-order valence-corrected chi connectivity index (χ4v) is 2.55. The third-order valence-corrected chi connectivity index (χ3v) is 3.57. The van der Waals surface area contributed by atoms with Crippen LogP contribution in [0.15, 0.2) is 47.2 Å². The summed E-state index contributed by atoms with van der Waals surface area (Å²) in [6.45, 7) is 3.12. The smallest absolute Gasteiger partial charge is 0.134 e. The molecule has 1 aromatic carbocycles. The second-order valence-electron chi connectivity index (χ2n) is 4.95. The molecule has 0 amide bonds. The summed E-state index contributed by atoms with van der Waals surface area (Å²) in [5, 5.41) is 9.02. The standard InChI is InChI=1S/C16H19N3O/c1-3-9-17-16(14-8-10-18-19(14)2)13-11-20-15-7-5-4-6-12(13)15/h4-8,10-11,16-17H,3,9H2,1-2H3. The highest BCUT2D eigenvalue weighted by Crippen LogP contribution is 2.30. The Hall–Kier alpha value is -2.07. The maximum absolute atomic E-state index is 5.68. The van der Waals surface area contributed by atoms with Crippen LogP contribution in [0.25, 0.3) is 11.0 Å². The highest BCUT2D eigenvalue weighted by atomic mass is 16.3. The monoisotopic (exact) mass is 269 g/mol. The summed E-state index contributed by atoms with van der Waals surface area (Å²) >= 11 is 0. The minimum atomic E-state index is 0.103. The topological polar surface area (TPSA) is 43.0 Å². The molecule has 0 radical (unpaired) electrons. The van der Waals surface area contributed by atoms with Crippen molar-refractivity contribution in [2.45, 2.75) is 19.4 Å². The molecule has 104 valence electrons. The van der Waals surface area contributed by atoms with Gasteiger partial charge in [0.1, 0.15) is 5.58 Å². The molecule has 2 aromatic heterocycles. The predicted octanol–water partition coefficient (Wildman–Crippen LogP) is 3.26. The van der Waals surface area contributed by atoms with Crippen LogP contribution >= 0.6 is 0 Å². The first-order chi connectivity index (χ1) is 9.81. The number of nitrogens with one attached hydrogen (secondary N) is 1. The lowest BCUT2D eigenvalue weighted by Gasteiger charge is -2.18. The number of para-hydroxylation sites is 1. The van der Waals surface area contributed by atoms with Gasteiger partial charge in [0.05, 0.1) is 18.0 Å². The molecule has 1 atom stereocenters. The fraction of sp³-hybridized carbons (Fsp3) is 0.312. The van der Waals surface area contributed by atoms with E-state index in [0.29, 0.717) is 0 Å². The molecule has 0 spiro atoms. The van der Waals surface area contributed by atoms with Gasteiger partial charge in [-0.2, -0.15) is 5.10 Å². The number of aromatic nitrogens is 2. The van der Waals surface area contributed by atoms with Crippen LogP contribution < -0.4 is 5.32 Å². The van der Waals surface area contributed by atoms with Crippen molar-refractivity contribution in [3.05, 3.63) is 54.0 Å². The summed E-state index contributed by atoms with van der Waals surface area (Å²) in [6.07, 6.45) is 4.77. The number of rotatable bonds is 5. The second kappa shape index (κ2) is 5.51. The minimum absolute atomic E-state index is 0.103. The number of nitrogens with zero attached hydrogens (tertiary/aromatic N) is 2. The van der Waals surface area contributed by atoms with Gasteiger partial charge in [-0.15, -0.1) is 0 Å². The van der Waals surface area contributed by atoms with Crippen molar-refractivity contribution in [3.63, 3.8) is 0 Å². The molecule has 4 heteroatoms. The van der Waals surface area contributed by atoms with E-state index in [2.05, 4.69) is 29.5 Å². The highest BCUT2D eigenvalue weighted by molar-refractivity contribution is 5.81. The average molecular weight is 269 g/mol. The Morgan fingerprint density at radius 1 is 1.30 bits per heavy atom. The summed E-state index contributed by atoms with van der Waals surface area (Å²) < 4.78 is 7.59. The van der Waals surface area contributed by atoms with E-state index >= 15 is 0 Å².